The predicted molar refractivity (Wildman–Crippen MR) is 120 cm³/mol. The maximum atomic E-state index is 13.4. The van der Waals surface area contributed by atoms with Crippen LogP contribution in [0.15, 0.2) is 48.7 Å². The van der Waals surface area contributed by atoms with Crippen molar-refractivity contribution in [3.05, 3.63) is 76.3 Å². The van der Waals surface area contributed by atoms with Gasteiger partial charge in [0.2, 0.25) is 0 Å². The van der Waals surface area contributed by atoms with Gasteiger partial charge in [-0.1, -0.05) is 29.3 Å². The van der Waals surface area contributed by atoms with Crippen LogP contribution in [-0.4, -0.2) is 28.8 Å². The van der Waals surface area contributed by atoms with Gasteiger partial charge in [0.15, 0.2) is 0 Å². The molecule has 1 aliphatic rings. The predicted octanol–water partition coefficient (Wildman–Crippen LogP) is 5.11. The number of halogens is 3. The van der Waals surface area contributed by atoms with Crippen molar-refractivity contribution in [1.29, 1.82) is 0 Å². The second kappa shape index (κ2) is 9.60. The molecule has 0 spiro atoms. The lowest BCUT2D eigenvalue weighted by atomic mass is 9.91. The highest BCUT2D eigenvalue weighted by Gasteiger charge is 2.27. The fraction of sp³-hybridized carbons (Fsp3) is 0.273. The maximum Gasteiger partial charge on any atom is 0.259 e. The van der Waals surface area contributed by atoms with Gasteiger partial charge < -0.3 is 10.6 Å². The van der Waals surface area contributed by atoms with Crippen LogP contribution in [0.4, 0.5) is 10.1 Å². The van der Waals surface area contributed by atoms with E-state index >= 15 is 0 Å². The minimum Gasteiger partial charge on any atom is -0.322 e. The van der Waals surface area contributed by atoms with Crippen LogP contribution in [0.3, 0.4) is 0 Å². The van der Waals surface area contributed by atoms with E-state index in [9.17, 15) is 9.18 Å². The first-order chi connectivity index (χ1) is 14.0. The van der Waals surface area contributed by atoms with Crippen molar-refractivity contribution >= 4 is 35.6 Å². The van der Waals surface area contributed by atoms with Gasteiger partial charge in [0.1, 0.15) is 5.82 Å². The van der Waals surface area contributed by atoms with E-state index in [0.29, 0.717) is 11.3 Å². The summed E-state index contributed by atoms with van der Waals surface area (Å²) in [5.41, 5.74) is 3.96. The summed E-state index contributed by atoms with van der Waals surface area (Å²) in [6.07, 6.45) is 3.47. The average Bonchev–Trinajstić information content (AvgIpc) is 3.17. The summed E-state index contributed by atoms with van der Waals surface area (Å²) < 4.78 is 15.3. The molecule has 5 nitrogen and oxygen atoms in total. The number of benzene rings is 2. The quantitative estimate of drug-likeness (QED) is 0.582. The Morgan fingerprint density at radius 3 is 2.57 bits per heavy atom. The van der Waals surface area contributed by atoms with E-state index in [4.69, 9.17) is 11.6 Å². The normalized spacial score (nSPS) is 14.2. The van der Waals surface area contributed by atoms with Crippen LogP contribution < -0.4 is 10.6 Å². The molecule has 1 fully saturated rings. The highest BCUT2D eigenvalue weighted by molar-refractivity contribution is 6.31. The first-order valence-electron chi connectivity index (χ1n) is 9.65. The zero-order valence-electron chi connectivity index (χ0n) is 16.5. The Balaban J connectivity index is 0.00000256. The number of aryl methyl sites for hydroxylation is 1. The van der Waals surface area contributed by atoms with Gasteiger partial charge in [-0.25, -0.2) is 9.07 Å². The number of rotatable bonds is 4. The molecule has 2 N–H and O–H groups in total. The van der Waals surface area contributed by atoms with E-state index in [1.807, 2.05) is 35.9 Å². The van der Waals surface area contributed by atoms with E-state index in [0.717, 1.165) is 42.9 Å². The molecular formula is C22H23Cl2FN4O. The molecule has 1 amide bonds. The van der Waals surface area contributed by atoms with Crippen molar-refractivity contribution in [3.63, 3.8) is 0 Å². The largest absolute Gasteiger partial charge is 0.322 e. The molecule has 1 aromatic heterocycles. The highest BCUT2D eigenvalue weighted by atomic mass is 35.5. The second-order valence-corrected chi connectivity index (χ2v) is 7.71. The Labute approximate surface area is 186 Å². The number of nitrogens with zero attached hydrogens (tertiary/aromatic N) is 2. The van der Waals surface area contributed by atoms with E-state index in [2.05, 4.69) is 15.7 Å². The molecule has 0 saturated carbocycles. The summed E-state index contributed by atoms with van der Waals surface area (Å²) in [6, 6.07) is 12.2. The molecular weight excluding hydrogens is 426 g/mol. The van der Waals surface area contributed by atoms with Gasteiger partial charge in [0.25, 0.3) is 5.91 Å². The van der Waals surface area contributed by atoms with Crippen molar-refractivity contribution in [2.45, 2.75) is 25.7 Å². The highest BCUT2D eigenvalue weighted by Crippen LogP contribution is 2.31. The van der Waals surface area contributed by atoms with Crippen molar-refractivity contribution in [2.24, 2.45) is 0 Å². The number of piperidine rings is 1. The summed E-state index contributed by atoms with van der Waals surface area (Å²) in [5, 5.41) is 10.7. The number of aromatic nitrogens is 2. The third-order valence-electron chi connectivity index (χ3n) is 5.23. The van der Waals surface area contributed by atoms with Gasteiger partial charge in [0.05, 0.1) is 28.2 Å². The number of nitrogens with one attached hydrogen (secondary N) is 2. The number of carbonyl (C=O) groups is 1. The number of hydrogen-bond donors (Lipinski definition) is 2. The number of hydrogen-bond acceptors (Lipinski definition) is 3. The zero-order valence-corrected chi connectivity index (χ0v) is 18.1. The molecule has 0 aliphatic carbocycles. The molecule has 158 valence electrons. The molecule has 0 unspecified atom stereocenters. The van der Waals surface area contributed by atoms with Gasteiger partial charge >= 0.3 is 0 Å². The second-order valence-electron chi connectivity index (χ2n) is 7.30. The summed E-state index contributed by atoms with van der Waals surface area (Å²) >= 11 is 5.84. The lowest BCUT2D eigenvalue weighted by molar-refractivity contribution is 0.102. The van der Waals surface area contributed by atoms with E-state index in [1.54, 1.807) is 6.20 Å². The monoisotopic (exact) mass is 448 g/mol. The molecule has 0 atom stereocenters. The molecule has 0 radical (unpaired) electrons. The van der Waals surface area contributed by atoms with Crippen LogP contribution in [0.25, 0.3) is 5.69 Å². The van der Waals surface area contributed by atoms with Gasteiger partial charge in [-0.15, -0.1) is 12.4 Å². The van der Waals surface area contributed by atoms with Crippen LogP contribution >= 0.6 is 24.0 Å². The van der Waals surface area contributed by atoms with E-state index < -0.39 is 5.82 Å². The van der Waals surface area contributed by atoms with Crippen LogP contribution in [0.2, 0.25) is 5.02 Å². The van der Waals surface area contributed by atoms with Crippen molar-refractivity contribution in [3.8, 4) is 5.69 Å². The van der Waals surface area contributed by atoms with Crippen LogP contribution in [0.5, 0.6) is 0 Å². The number of carbonyl (C=O) groups excluding carboxylic acids is 1. The van der Waals surface area contributed by atoms with Gasteiger partial charge in [-0.2, -0.15) is 5.10 Å². The third-order valence-corrected chi connectivity index (χ3v) is 5.52. The Morgan fingerprint density at radius 2 is 1.90 bits per heavy atom. The molecule has 3 aromatic rings. The molecule has 2 aromatic carbocycles. The minimum absolute atomic E-state index is 0. The Morgan fingerprint density at radius 1 is 1.20 bits per heavy atom. The number of anilines is 1. The lowest BCUT2D eigenvalue weighted by Crippen LogP contribution is -2.29. The lowest BCUT2D eigenvalue weighted by Gasteiger charge is -2.24. The van der Waals surface area contributed by atoms with Gasteiger partial charge in [-0.3, -0.25) is 4.79 Å². The smallest absolute Gasteiger partial charge is 0.259 e. The Hall–Kier alpha value is -2.41. The van der Waals surface area contributed by atoms with E-state index in [1.165, 1.54) is 18.2 Å². The standard InChI is InChI=1S/C22H22ClFN4O.ClH/c1-14-2-5-17(6-3-14)28-21(15-8-10-25-11-9-15)18(13-26-28)22(29)27-16-4-7-20(24)19(23)12-16;/h2-7,12-13,15,25H,8-11H2,1H3,(H,27,29);1H. The summed E-state index contributed by atoms with van der Waals surface area (Å²) in [4.78, 5) is 13.1. The fourth-order valence-corrected chi connectivity index (χ4v) is 3.87. The van der Waals surface area contributed by atoms with Crippen molar-refractivity contribution in [2.75, 3.05) is 18.4 Å². The zero-order chi connectivity index (χ0) is 20.4. The molecule has 2 heterocycles. The number of amides is 1. The van der Waals surface area contributed by atoms with Crippen molar-refractivity contribution < 1.29 is 9.18 Å². The maximum absolute atomic E-state index is 13.4. The molecule has 1 aliphatic heterocycles. The van der Waals surface area contributed by atoms with Gasteiger partial charge in [0, 0.05) is 11.6 Å². The van der Waals surface area contributed by atoms with Crippen LogP contribution in [0, 0.1) is 12.7 Å². The summed E-state index contributed by atoms with van der Waals surface area (Å²) in [5.74, 6) is -0.579. The topological polar surface area (TPSA) is 59.0 Å². The molecule has 4 rings (SSSR count). The molecule has 8 heteroatoms. The fourth-order valence-electron chi connectivity index (χ4n) is 3.69. The van der Waals surface area contributed by atoms with E-state index in [-0.39, 0.29) is 29.3 Å². The Kier molecular flexibility index (Phi) is 7.13. The summed E-state index contributed by atoms with van der Waals surface area (Å²) in [7, 11) is 0. The molecule has 0 bridgehead atoms. The molecule has 1 saturated heterocycles. The Bertz CT molecular complexity index is 1030. The molecule has 30 heavy (non-hydrogen) atoms. The average molecular weight is 449 g/mol. The first-order valence-corrected chi connectivity index (χ1v) is 10.0. The van der Waals surface area contributed by atoms with Crippen LogP contribution in [0.1, 0.15) is 40.4 Å². The SMILES string of the molecule is Cc1ccc(-n2ncc(C(=O)Nc3ccc(F)c(Cl)c3)c2C2CCNCC2)cc1.Cl. The third kappa shape index (κ3) is 4.67. The van der Waals surface area contributed by atoms with Crippen LogP contribution in [-0.2, 0) is 0 Å². The first kappa shape index (κ1) is 22.3. The minimum atomic E-state index is -0.521. The van der Waals surface area contributed by atoms with Crippen molar-refractivity contribution in [1.82, 2.24) is 15.1 Å². The van der Waals surface area contributed by atoms with Gasteiger partial charge in [-0.05, 0) is 63.2 Å². The summed E-state index contributed by atoms with van der Waals surface area (Å²) in [6.45, 7) is 3.84.